The number of unbranched alkanes of at least 4 members (excludes halogenated alkanes) is 25. The van der Waals surface area contributed by atoms with Gasteiger partial charge in [-0.05, 0) is 24.3 Å². The molecule has 0 bridgehead atoms. The molecule has 1 atom stereocenters. The summed E-state index contributed by atoms with van der Waals surface area (Å²) >= 11 is 0. The fraction of sp³-hybridized carbons (Fsp3) is 0.872. The Morgan fingerprint density at radius 1 is 0.475 bits per heavy atom. The summed E-state index contributed by atoms with van der Waals surface area (Å²) in [6.07, 6.45) is 44.2. The Bertz CT molecular complexity index is 650. The van der Waals surface area contributed by atoms with Crippen molar-refractivity contribution in [2.24, 2.45) is 7.05 Å². The van der Waals surface area contributed by atoms with Crippen molar-refractivity contribution >= 4 is 0 Å². The van der Waals surface area contributed by atoms with Crippen LogP contribution in [0.15, 0.2) is 18.3 Å². The molecule has 1 unspecified atom stereocenters. The lowest BCUT2D eigenvalue weighted by atomic mass is 9.88. The largest absolute Gasteiger partial charge is 0.205 e. The van der Waals surface area contributed by atoms with E-state index in [9.17, 15) is 0 Å². The predicted molar refractivity (Wildman–Crippen MR) is 180 cm³/mol. The van der Waals surface area contributed by atoms with Gasteiger partial charge in [0.2, 0.25) is 0 Å². The lowest BCUT2D eigenvalue weighted by Crippen LogP contribution is -2.31. The van der Waals surface area contributed by atoms with E-state index in [4.69, 9.17) is 0 Å². The molecule has 1 rings (SSSR count). The molecule has 40 heavy (non-hydrogen) atoms. The molecule has 234 valence electrons. The lowest BCUT2D eigenvalue weighted by Gasteiger charge is -2.17. The summed E-state index contributed by atoms with van der Waals surface area (Å²) in [4.78, 5) is 0. The second kappa shape index (κ2) is 28.3. The van der Waals surface area contributed by atoms with Crippen LogP contribution in [-0.4, -0.2) is 0 Å². The number of aryl methyl sites for hydroxylation is 2. The van der Waals surface area contributed by atoms with Gasteiger partial charge in [0.15, 0.2) is 11.9 Å². The van der Waals surface area contributed by atoms with E-state index < -0.39 is 0 Å². The third-order valence-electron chi connectivity index (χ3n) is 9.46. The first-order valence-corrected chi connectivity index (χ1v) is 18.6. The number of hydrogen-bond donors (Lipinski definition) is 0. The second-order valence-corrected chi connectivity index (χ2v) is 13.3. The van der Waals surface area contributed by atoms with Gasteiger partial charge < -0.3 is 0 Å². The zero-order valence-electron chi connectivity index (χ0n) is 28.3. The van der Waals surface area contributed by atoms with Gasteiger partial charge in [-0.15, -0.1) is 0 Å². The van der Waals surface area contributed by atoms with Crippen molar-refractivity contribution in [3.63, 3.8) is 0 Å². The smallest absolute Gasteiger partial charge is 0.178 e. The number of pyridine rings is 1. The molecule has 0 aromatic carbocycles. The minimum absolute atomic E-state index is 0.768. The first kappa shape index (κ1) is 37.2. The van der Waals surface area contributed by atoms with E-state index in [1.54, 1.807) is 5.56 Å². The minimum atomic E-state index is 0.768. The van der Waals surface area contributed by atoms with Crippen LogP contribution in [-0.2, 0) is 7.05 Å². The SMILES string of the molecule is CCCCCCCCCCCCCCCCC(CCCCCCCCCCCCCCC)c1cc[n+](C)c(C)c1. The fourth-order valence-electron chi connectivity index (χ4n) is 6.43. The Morgan fingerprint density at radius 2 is 0.775 bits per heavy atom. The van der Waals surface area contributed by atoms with Crippen LogP contribution in [0.2, 0.25) is 0 Å². The first-order chi connectivity index (χ1) is 19.7. The minimum Gasteiger partial charge on any atom is -0.205 e. The van der Waals surface area contributed by atoms with Crippen LogP contribution in [0.1, 0.15) is 217 Å². The molecular weight excluding hydrogens is 482 g/mol. The number of nitrogens with zero attached hydrogens (tertiary/aromatic N) is 1. The molecule has 1 aromatic rings. The van der Waals surface area contributed by atoms with Crippen LogP contribution < -0.4 is 4.57 Å². The highest BCUT2D eigenvalue weighted by Gasteiger charge is 2.14. The summed E-state index contributed by atoms with van der Waals surface area (Å²) in [5.41, 5.74) is 3.00. The van der Waals surface area contributed by atoms with Gasteiger partial charge in [0.25, 0.3) is 0 Å². The summed E-state index contributed by atoms with van der Waals surface area (Å²) < 4.78 is 2.26. The van der Waals surface area contributed by atoms with Gasteiger partial charge in [0.05, 0.1) is 0 Å². The van der Waals surface area contributed by atoms with E-state index in [-0.39, 0.29) is 0 Å². The van der Waals surface area contributed by atoms with Crippen LogP contribution in [0.3, 0.4) is 0 Å². The molecule has 0 amide bonds. The Kier molecular flexibility index (Phi) is 26.3. The van der Waals surface area contributed by atoms with Crippen molar-refractivity contribution in [1.29, 1.82) is 0 Å². The third-order valence-corrected chi connectivity index (χ3v) is 9.46. The molecule has 0 saturated carbocycles. The van der Waals surface area contributed by atoms with Crippen LogP contribution >= 0.6 is 0 Å². The average Bonchev–Trinajstić information content (AvgIpc) is 2.96. The van der Waals surface area contributed by atoms with Crippen molar-refractivity contribution < 1.29 is 4.57 Å². The molecule has 1 heteroatoms. The monoisotopic (exact) mass is 557 g/mol. The summed E-state index contributed by atoms with van der Waals surface area (Å²) in [6.45, 7) is 6.88. The maximum Gasteiger partial charge on any atom is 0.178 e. The van der Waals surface area contributed by atoms with Crippen molar-refractivity contribution in [2.75, 3.05) is 0 Å². The Balaban J connectivity index is 2.13. The predicted octanol–water partition coefficient (Wildman–Crippen LogP) is 13.3. The lowest BCUT2D eigenvalue weighted by molar-refractivity contribution is -0.677. The van der Waals surface area contributed by atoms with Gasteiger partial charge in [0.1, 0.15) is 7.05 Å². The number of hydrogen-bond acceptors (Lipinski definition) is 0. The normalized spacial score (nSPS) is 12.3. The Labute approximate surface area is 253 Å². The Morgan fingerprint density at radius 3 is 1.07 bits per heavy atom. The molecule has 0 aliphatic carbocycles. The van der Waals surface area contributed by atoms with Crippen LogP contribution in [0.4, 0.5) is 0 Å². The van der Waals surface area contributed by atoms with Gasteiger partial charge >= 0.3 is 0 Å². The van der Waals surface area contributed by atoms with Gasteiger partial charge in [-0.3, -0.25) is 0 Å². The highest BCUT2D eigenvalue weighted by molar-refractivity contribution is 5.17. The average molecular weight is 557 g/mol. The third kappa shape index (κ3) is 21.8. The zero-order chi connectivity index (χ0) is 28.9. The van der Waals surface area contributed by atoms with Crippen molar-refractivity contribution in [2.45, 2.75) is 213 Å². The fourth-order valence-corrected chi connectivity index (χ4v) is 6.43. The Hall–Kier alpha value is -0.850. The van der Waals surface area contributed by atoms with Gasteiger partial charge in [0, 0.05) is 19.1 Å². The zero-order valence-corrected chi connectivity index (χ0v) is 28.3. The van der Waals surface area contributed by atoms with Crippen molar-refractivity contribution in [1.82, 2.24) is 0 Å². The maximum atomic E-state index is 2.47. The van der Waals surface area contributed by atoms with E-state index in [0.717, 1.165) is 5.92 Å². The molecule has 0 saturated heterocycles. The molecular formula is C39H74N+. The van der Waals surface area contributed by atoms with E-state index >= 15 is 0 Å². The molecule has 0 aliphatic rings. The van der Waals surface area contributed by atoms with Gasteiger partial charge in [-0.1, -0.05) is 187 Å². The van der Waals surface area contributed by atoms with E-state index in [1.807, 2.05) is 0 Å². The molecule has 1 nitrogen and oxygen atoms in total. The summed E-state index contributed by atoms with van der Waals surface area (Å²) in [5, 5.41) is 0. The van der Waals surface area contributed by atoms with E-state index in [0.29, 0.717) is 0 Å². The highest BCUT2D eigenvalue weighted by atomic mass is 14.9. The molecule has 0 N–H and O–H groups in total. The molecule has 0 fully saturated rings. The van der Waals surface area contributed by atoms with Crippen LogP contribution in [0.5, 0.6) is 0 Å². The molecule has 1 heterocycles. The molecule has 0 aliphatic heterocycles. The van der Waals surface area contributed by atoms with Crippen LogP contribution in [0, 0.1) is 6.92 Å². The first-order valence-electron chi connectivity index (χ1n) is 18.6. The quantitative estimate of drug-likeness (QED) is 0.0655. The van der Waals surface area contributed by atoms with Crippen molar-refractivity contribution in [3.8, 4) is 0 Å². The molecule has 0 spiro atoms. The summed E-state index contributed by atoms with van der Waals surface area (Å²) in [5.74, 6) is 0.768. The maximum absolute atomic E-state index is 2.47. The highest BCUT2D eigenvalue weighted by Crippen LogP contribution is 2.29. The van der Waals surface area contributed by atoms with Crippen molar-refractivity contribution in [3.05, 3.63) is 29.6 Å². The van der Waals surface area contributed by atoms with E-state index in [2.05, 4.69) is 50.7 Å². The standard InChI is InChI=1S/C39H74N/c1-5-7-9-11-13-15-17-19-21-23-25-27-29-31-33-38(39-34-35-40(4)37(3)36-39)32-30-28-26-24-22-20-18-16-14-12-10-8-6-2/h34-36,38H,5-33H2,1-4H3/q+1. The van der Waals surface area contributed by atoms with Gasteiger partial charge in [-0.2, -0.15) is 0 Å². The topological polar surface area (TPSA) is 3.88 Å². The number of rotatable bonds is 30. The molecule has 0 radical (unpaired) electrons. The van der Waals surface area contributed by atoms with Gasteiger partial charge in [-0.25, -0.2) is 4.57 Å². The molecule has 1 aromatic heterocycles. The summed E-state index contributed by atoms with van der Waals surface area (Å²) in [7, 11) is 2.17. The van der Waals surface area contributed by atoms with Crippen LogP contribution in [0.25, 0.3) is 0 Å². The number of aromatic nitrogens is 1. The summed E-state index contributed by atoms with van der Waals surface area (Å²) in [6, 6.07) is 4.88. The van der Waals surface area contributed by atoms with E-state index in [1.165, 1.54) is 192 Å². The second-order valence-electron chi connectivity index (χ2n) is 13.3.